The van der Waals surface area contributed by atoms with Gasteiger partial charge in [-0.2, -0.15) is 0 Å². The lowest BCUT2D eigenvalue weighted by Crippen LogP contribution is -2.28. The minimum atomic E-state index is -4.68. The highest BCUT2D eigenvalue weighted by molar-refractivity contribution is 7.70. The number of carbonyl (C=O) groups excluding carboxylic acids is 1. The minimum absolute atomic E-state index is 0.596. The van der Waals surface area contributed by atoms with Gasteiger partial charge >= 0.3 is 7.60 Å². The second-order valence-corrected chi connectivity index (χ2v) is 5.33. The van der Waals surface area contributed by atoms with Crippen LogP contribution in [0.5, 0.6) is 0 Å². The molecule has 82 valence electrons. The van der Waals surface area contributed by atoms with Crippen LogP contribution in [0.4, 0.5) is 0 Å². The summed E-state index contributed by atoms with van der Waals surface area (Å²) < 4.78 is 10.9. The summed E-state index contributed by atoms with van der Waals surface area (Å²) in [5.41, 5.74) is -1.63. The van der Waals surface area contributed by atoms with E-state index in [1.165, 1.54) is 13.8 Å². The van der Waals surface area contributed by atoms with Crippen LogP contribution in [0.2, 0.25) is 0 Å². The van der Waals surface area contributed by atoms with Crippen LogP contribution in [0.15, 0.2) is 30.3 Å². The maximum atomic E-state index is 11.5. The molecule has 15 heavy (non-hydrogen) atoms. The maximum Gasteiger partial charge on any atom is 0.392 e. The molecule has 0 saturated heterocycles. The van der Waals surface area contributed by atoms with Crippen molar-refractivity contribution in [3.63, 3.8) is 0 Å². The fraction of sp³-hybridized carbons (Fsp3) is 0.300. The molecule has 0 aromatic heterocycles. The van der Waals surface area contributed by atoms with Gasteiger partial charge in [-0.25, -0.2) is 0 Å². The van der Waals surface area contributed by atoms with E-state index in [1.54, 1.807) is 30.3 Å². The Morgan fingerprint density at radius 3 is 2.07 bits per heavy atom. The lowest BCUT2D eigenvalue weighted by Gasteiger charge is -2.23. The maximum absolute atomic E-state index is 11.5. The van der Waals surface area contributed by atoms with Crippen molar-refractivity contribution < 1.29 is 19.1 Å². The summed E-state index contributed by atoms with van der Waals surface area (Å²) in [6, 6.07) is 8.58. The van der Waals surface area contributed by atoms with Crippen LogP contribution < -0.4 is 0 Å². The summed E-state index contributed by atoms with van der Waals surface area (Å²) >= 11 is 0. The van der Waals surface area contributed by atoms with Gasteiger partial charge < -0.3 is 9.79 Å². The number of rotatable bonds is 3. The molecular weight excluding hydrogens is 215 g/mol. The van der Waals surface area contributed by atoms with E-state index in [2.05, 4.69) is 0 Å². The van der Waals surface area contributed by atoms with Crippen LogP contribution in [-0.2, 0) is 14.8 Å². The Bertz CT molecular complexity index is 405. The zero-order chi connectivity index (χ0) is 11.7. The number of carbonyl (C=O) groups is 1. The summed E-state index contributed by atoms with van der Waals surface area (Å²) in [6.07, 6.45) is 0. The Labute approximate surface area is 88.1 Å². The molecule has 0 radical (unpaired) electrons. The van der Waals surface area contributed by atoms with Crippen LogP contribution in [0.1, 0.15) is 19.4 Å². The zero-order valence-electron chi connectivity index (χ0n) is 8.54. The molecular formula is C10H13O4P. The molecule has 0 spiro atoms. The Morgan fingerprint density at radius 2 is 1.67 bits per heavy atom. The lowest BCUT2D eigenvalue weighted by molar-refractivity contribution is -0.117. The molecule has 1 aromatic rings. The second-order valence-electron chi connectivity index (χ2n) is 3.84. The van der Waals surface area contributed by atoms with Crippen LogP contribution in [-0.4, -0.2) is 15.3 Å². The molecule has 2 N–H and O–H groups in total. The van der Waals surface area contributed by atoms with Crippen molar-refractivity contribution in [3.05, 3.63) is 35.9 Å². The van der Waals surface area contributed by atoms with Gasteiger partial charge in [0.1, 0.15) is 0 Å². The number of hydrogen-bond acceptors (Lipinski definition) is 2. The fourth-order valence-corrected chi connectivity index (χ4v) is 2.20. The molecule has 0 aliphatic carbocycles. The van der Waals surface area contributed by atoms with E-state index < -0.39 is 18.5 Å². The average Bonchev–Trinajstić information content (AvgIpc) is 2.16. The van der Waals surface area contributed by atoms with Crippen molar-refractivity contribution in [1.82, 2.24) is 0 Å². The van der Waals surface area contributed by atoms with E-state index in [-0.39, 0.29) is 0 Å². The van der Waals surface area contributed by atoms with E-state index in [0.29, 0.717) is 5.56 Å². The third-order valence-corrected chi connectivity index (χ3v) is 3.38. The standard InChI is InChI=1S/C10H13O4P/c1-10(2,9(11)15(12,13)14)8-6-4-3-5-7-8/h3-7H,1-2H3,(H2,12,13,14). The summed E-state index contributed by atoms with van der Waals surface area (Å²) in [5.74, 6) is 0. The van der Waals surface area contributed by atoms with Crippen molar-refractivity contribution in [2.45, 2.75) is 19.3 Å². The predicted octanol–water partition coefficient (Wildman–Crippen LogP) is 1.67. The highest BCUT2D eigenvalue weighted by Gasteiger charge is 2.41. The SMILES string of the molecule is CC(C)(C(=O)P(=O)(O)O)c1ccccc1. The summed E-state index contributed by atoms with van der Waals surface area (Å²) in [5, 5.41) is 0. The molecule has 0 bridgehead atoms. The number of hydrogen-bond donors (Lipinski definition) is 2. The van der Waals surface area contributed by atoms with Gasteiger partial charge in [0.2, 0.25) is 0 Å². The first-order chi connectivity index (χ1) is 6.76. The molecule has 4 nitrogen and oxygen atoms in total. The fourth-order valence-electron chi connectivity index (χ4n) is 1.34. The quantitative estimate of drug-likeness (QED) is 0.771. The van der Waals surface area contributed by atoms with Crippen molar-refractivity contribution in [2.75, 3.05) is 0 Å². The smallest absolute Gasteiger partial charge is 0.319 e. The van der Waals surface area contributed by atoms with E-state index in [0.717, 1.165) is 0 Å². The first-order valence-electron chi connectivity index (χ1n) is 4.42. The monoisotopic (exact) mass is 228 g/mol. The summed E-state index contributed by atoms with van der Waals surface area (Å²) in [4.78, 5) is 29.2. The lowest BCUT2D eigenvalue weighted by atomic mass is 9.86. The van der Waals surface area contributed by atoms with Crippen LogP contribution in [0.3, 0.4) is 0 Å². The summed E-state index contributed by atoms with van der Waals surface area (Å²) in [6.45, 7) is 3.01. The molecule has 0 heterocycles. The van der Waals surface area contributed by atoms with Crippen molar-refractivity contribution >= 4 is 13.1 Å². The highest BCUT2D eigenvalue weighted by atomic mass is 31.2. The molecule has 0 aliphatic heterocycles. The predicted molar refractivity (Wildman–Crippen MR) is 56.5 cm³/mol. The zero-order valence-corrected chi connectivity index (χ0v) is 9.44. The molecule has 5 heteroatoms. The van der Waals surface area contributed by atoms with E-state index >= 15 is 0 Å². The molecule has 1 rings (SSSR count). The van der Waals surface area contributed by atoms with Gasteiger partial charge in [0, 0.05) is 0 Å². The summed E-state index contributed by atoms with van der Waals surface area (Å²) in [7, 11) is -4.68. The van der Waals surface area contributed by atoms with Gasteiger partial charge in [0.25, 0.3) is 5.52 Å². The molecule has 0 amide bonds. The molecule has 0 fully saturated rings. The molecule has 0 atom stereocenters. The minimum Gasteiger partial charge on any atom is -0.319 e. The topological polar surface area (TPSA) is 74.6 Å². The van der Waals surface area contributed by atoms with E-state index in [9.17, 15) is 9.36 Å². The Hall–Kier alpha value is -0.960. The third-order valence-electron chi connectivity index (χ3n) is 2.29. The van der Waals surface area contributed by atoms with Crippen molar-refractivity contribution in [2.24, 2.45) is 0 Å². The average molecular weight is 228 g/mol. The first kappa shape index (κ1) is 12.1. The van der Waals surface area contributed by atoms with Crippen LogP contribution >= 0.6 is 7.60 Å². The highest BCUT2D eigenvalue weighted by Crippen LogP contribution is 2.44. The Morgan fingerprint density at radius 1 is 1.20 bits per heavy atom. The van der Waals surface area contributed by atoms with Crippen molar-refractivity contribution in [3.8, 4) is 0 Å². The van der Waals surface area contributed by atoms with Crippen molar-refractivity contribution in [1.29, 1.82) is 0 Å². The normalized spacial score (nSPS) is 12.5. The van der Waals surface area contributed by atoms with Gasteiger partial charge in [-0.15, -0.1) is 0 Å². The van der Waals surface area contributed by atoms with Gasteiger partial charge in [-0.3, -0.25) is 9.36 Å². The second kappa shape index (κ2) is 3.89. The van der Waals surface area contributed by atoms with Crippen LogP contribution in [0.25, 0.3) is 0 Å². The molecule has 0 saturated carbocycles. The van der Waals surface area contributed by atoms with Crippen LogP contribution in [0, 0.1) is 0 Å². The Balaban J connectivity index is 3.15. The van der Waals surface area contributed by atoms with Gasteiger partial charge in [-0.1, -0.05) is 30.3 Å². The molecule has 0 unspecified atom stereocenters. The molecule has 0 aliphatic rings. The first-order valence-corrected chi connectivity index (χ1v) is 6.03. The Kier molecular flexibility index (Phi) is 3.14. The van der Waals surface area contributed by atoms with E-state index in [4.69, 9.17) is 9.79 Å². The third kappa shape index (κ3) is 2.53. The van der Waals surface area contributed by atoms with E-state index in [1.807, 2.05) is 0 Å². The van der Waals surface area contributed by atoms with Gasteiger partial charge in [0.15, 0.2) is 0 Å². The largest absolute Gasteiger partial charge is 0.392 e. The van der Waals surface area contributed by atoms with Gasteiger partial charge in [-0.05, 0) is 19.4 Å². The number of benzene rings is 1. The van der Waals surface area contributed by atoms with Gasteiger partial charge in [0.05, 0.1) is 5.41 Å². The molecule has 1 aromatic carbocycles.